The predicted octanol–water partition coefficient (Wildman–Crippen LogP) is 1.62. The fraction of sp³-hybridized carbons (Fsp3) is 0.583. The summed E-state index contributed by atoms with van der Waals surface area (Å²) in [6.07, 6.45) is 4.13. The number of carbonyl (C=O) groups excluding carboxylic acids is 1. The molecule has 2 unspecified atom stereocenters. The van der Waals surface area contributed by atoms with Crippen LogP contribution in [0.15, 0.2) is 16.5 Å². The molecule has 0 saturated carbocycles. The largest absolute Gasteiger partial charge is 0.433 e. The number of rotatable bonds is 3. The van der Waals surface area contributed by atoms with Gasteiger partial charge in [-0.25, -0.2) is 0 Å². The van der Waals surface area contributed by atoms with Gasteiger partial charge in [0.1, 0.15) is 4.92 Å². The maximum atomic E-state index is 11.9. The van der Waals surface area contributed by atoms with Gasteiger partial charge in [-0.2, -0.15) is 0 Å². The molecule has 0 radical (unpaired) electrons. The summed E-state index contributed by atoms with van der Waals surface area (Å²) in [5.41, 5.74) is 0. The molecule has 7 nitrogen and oxygen atoms in total. The van der Waals surface area contributed by atoms with E-state index in [0.29, 0.717) is 12.1 Å². The molecule has 8 heteroatoms. The molecule has 1 amide bonds. The Kier molecular flexibility index (Phi) is 4.29. The van der Waals surface area contributed by atoms with E-state index in [-0.39, 0.29) is 30.1 Å². The van der Waals surface area contributed by atoms with Gasteiger partial charge in [0.2, 0.25) is 0 Å². The van der Waals surface area contributed by atoms with Gasteiger partial charge >= 0.3 is 5.88 Å². The van der Waals surface area contributed by atoms with Gasteiger partial charge in [0.15, 0.2) is 5.76 Å². The molecule has 2 fully saturated rings. The second-order valence-electron chi connectivity index (χ2n) is 5.17. The Morgan fingerprint density at radius 2 is 2.00 bits per heavy atom. The molecule has 2 aliphatic heterocycles. The molecule has 0 spiro atoms. The first-order valence-electron chi connectivity index (χ1n) is 6.43. The van der Waals surface area contributed by atoms with Crippen molar-refractivity contribution in [2.24, 2.45) is 0 Å². The minimum absolute atomic E-state index is 0. The van der Waals surface area contributed by atoms with Crippen molar-refractivity contribution in [3.8, 4) is 0 Å². The highest BCUT2D eigenvalue weighted by Crippen LogP contribution is 2.27. The molecular formula is C12H16ClN3O4. The van der Waals surface area contributed by atoms with E-state index < -0.39 is 10.8 Å². The van der Waals surface area contributed by atoms with Crippen LogP contribution in [0.5, 0.6) is 0 Å². The third kappa shape index (κ3) is 2.94. The Bertz CT molecular complexity index is 507. The van der Waals surface area contributed by atoms with Crippen molar-refractivity contribution in [2.45, 2.75) is 43.8 Å². The molecule has 2 bridgehead atoms. The monoisotopic (exact) mass is 301 g/mol. The first-order chi connectivity index (χ1) is 9.11. The lowest BCUT2D eigenvalue weighted by Gasteiger charge is -2.29. The zero-order valence-corrected chi connectivity index (χ0v) is 11.5. The Labute approximate surface area is 121 Å². The number of hydrogen-bond donors (Lipinski definition) is 2. The van der Waals surface area contributed by atoms with Gasteiger partial charge in [-0.3, -0.25) is 14.9 Å². The molecule has 2 N–H and O–H groups in total. The molecule has 2 saturated heterocycles. The number of amides is 1. The molecule has 0 aliphatic carbocycles. The van der Waals surface area contributed by atoms with Crippen LogP contribution in [0.1, 0.15) is 36.2 Å². The van der Waals surface area contributed by atoms with E-state index in [1.807, 2.05) is 0 Å². The Hall–Kier alpha value is -1.60. The van der Waals surface area contributed by atoms with Crippen molar-refractivity contribution in [2.75, 3.05) is 0 Å². The maximum absolute atomic E-state index is 11.9. The zero-order valence-electron chi connectivity index (χ0n) is 10.7. The van der Waals surface area contributed by atoms with Crippen LogP contribution in [0.25, 0.3) is 0 Å². The average Bonchev–Trinajstić information content (AvgIpc) is 2.96. The van der Waals surface area contributed by atoms with E-state index >= 15 is 0 Å². The molecule has 3 rings (SSSR count). The molecule has 2 atom stereocenters. The van der Waals surface area contributed by atoms with Crippen LogP contribution in [-0.4, -0.2) is 29.0 Å². The fourth-order valence-electron chi connectivity index (χ4n) is 2.98. The molecule has 110 valence electrons. The van der Waals surface area contributed by atoms with Gasteiger partial charge < -0.3 is 15.1 Å². The van der Waals surface area contributed by atoms with Crippen LogP contribution < -0.4 is 10.6 Å². The van der Waals surface area contributed by atoms with Gasteiger partial charge in [0.25, 0.3) is 5.91 Å². The van der Waals surface area contributed by atoms with E-state index in [0.717, 1.165) is 25.7 Å². The highest BCUT2D eigenvalue weighted by molar-refractivity contribution is 5.91. The molecule has 1 aromatic rings. The van der Waals surface area contributed by atoms with E-state index in [9.17, 15) is 14.9 Å². The van der Waals surface area contributed by atoms with E-state index in [4.69, 9.17) is 4.42 Å². The van der Waals surface area contributed by atoms with Crippen LogP contribution in [0.2, 0.25) is 0 Å². The van der Waals surface area contributed by atoms with E-state index in [2.05, 4.69) is 10.6 Å². The number of nitrogens with zero attached hydrogens (tertiary/aromatic N) is 1. The standard InChI is InChI=1S/C12H15N3O4.ClH/c16-12(10-3-4-11(19-10)15(17)18)14-9-5-7-1-2-8(6-9)13-7;/h3-4,7-9,13H,1-2,5-6H2,(H,14,16);1H. The third-order valence-corrected chi connectivity index (χ3v) is 3.80. The van der Waals surface area contributed by atoms with Crippen molar-refractivity contribution < 1.29 is 14.1 Å². The first-order valence-corrected chi connectivity index (χ1v) is 6.43. The Morgan fingerprint density at radius 3 is 2.55 bits per heavy atom. The summed E-state index contributed by atoms with van der Waals surface area (Å²) in [7, 11) is 0. The van der Waals surface area contributed by atoms with Crippen LogP contribution in [0.4, 0.5) is 5.88 Å². The summed E-state index contributed by atoms with van der Waals surface area (Å²) >= 11 is 0. The molecule has 2 aliphatic rings. The Balaban J connectivity index is 0.00000147. The van der Waals surface area contributed by atoms with Gasteiger partial charge in [-0.15, -0.1) is 12.4 Å². The van der Waals surface area contributed by atoms with Crippen LogP contribution in [-0.2, 0) is 0 Å². The quantitative estimate of drug-likeness (QED) is 0.653. The topological polar surface area (TPSA) is 97.4 Å². The molecule has 1 aromatic heterocycles. The number of nitrogens with one attached hydrogen (secondary N) is 2. The summed E-state index contributed by atoms with van der Waals surface area (Å²) in [6.45, 7) is 0. The van der Waals surface area contributed by atoms with Crippen molar-refractivity contribution in [3.05, 3.63) is 28.0 Å². The lowest BCUT2D eigenvalue weighted by atomic mass is 10.00. The smallest absolute Gasteiger partial charge is 0.395 e. The summed E-state index contributed by atoms with van der Waals surface area (Å²) in [4.78, 5) is 21.8. The van der Waals surface area contributed by atoms with Crippen LogP contribution in [0.3, 0.4) is 0 Å². The van der Waals surface area contributed by atoms with Crippen molar-refractivity contribution in [3.63, 3.8) is 0 Å². The average molecular weight is 302 g/mol. The second kappa shape index (κ2) is 5.80. The van der Waals surface area contributed by atoms with E-state index in [1.165, 1.54) is 12.1 Å². The number of piperidine rings is 1. The lowest BCUT2D eigenvalue weighted by molar-refractivity contribution is -0.402. The number of fused-ring (bicyclic) bond motifs is 2. The van der Waals surface area contributed by atoms with Crippen molar-refractivity contribution >= 4 is 24.2 Å². The van der Waals surface area contributed by atoms with Gasteiger partial charge in [-0.05, 0) is 31.7 Å². The minimum atomic E-state index is -0.651. The SMILES string of the molecule is Cl.O=C(NC1CC2CCC(C1)N2)c1ccc([N+](=O)[O-])o1. The first kappa shape index (κ1) is 14.8. The summed E-state index contributed by atoms with van der Waals surface area (Å²) < 4.78 is 4.89. The fourth-order valence-corrected chi connectivity index (χ4v) is 2.98. The Morgan fingerprint density at radius 1 is 1.35 bits per heavy atom. The predicted molar refractivity (Wildman–Crippen MR) is 73.0 cm³/mol. The summed E-state index contributed by atoms with van der Waals surface area (Å²) in [6, 6.07) is 3.62. The number of furan rings is 1. The highest BCUT2D eigenvalue weighted by Gasteiger charge is 2.34. The number of nitro groups is 1. The van der Waals surface area contributed by atoms with Crippen molar-refractivity contribution in [1.82, 2.24) is 10.6 Å². The van der Waals surface area contributed by atoms with Gasteiger partial charge in [-0.1, -0.05) is 0 Å². The molecule has 20 heavy (non-hydrogen) atoms. The number of halogens is 1. The normalized spacial score (nSPS) is 27.7. The number of hydrogen-bond acceptors (Lipinski definition) is 5. The van der Waals surface area contributed by atoms with Crippen LogP contribution in [0, 0.1) is 10.1 Å². The third-order valence-electron chi connectivity index (χ3n) is 3.80. The summed E-state index contributed by atoms with van der Waals surface area (Å²) in [5.74, 6) is -0.785. The molecule has 3 heterocycles. The molecular weight excluding hydrogens is 286 g/mol. The highest BCUT2D eigenvalue weighted by atomic mass is 35.5. The zero-order chi connectivity index (χ0) is 13.4. The van der Waals surface area contributed by atoms with Gasteiger partial charge in [0.05, 0.1) is 6.07 Å². The lowest BCUT2D eigenvalue weighted by Crippen LogP contribution is -2.47. The van der Waals surface area contributed by atoms with Crippen LogP contribution >= 0.6 is 12.4 Å². The minimum Gasteiger partial charge on any atom is -0.395 e. The molecule has 0 aromatic carbocycles. The maximum Gasteiger partial charge on any atom is 0.433 e. The van der Waals surface area contributed by atoms with E-state index in [1.54, 1.807) is 0 Å². The number of carbonyl (C=O) groups is 1. The van der Waals surface area contributed by atoms with Crippen molar-refractivity contribution in [1.29, 1.82) is 0 Å². The second-order valence-corrected chi connectivity index (χ2v) is 5.17. The summed E-state index contributed by atoms with van der Waals surface area (Å²) in [5, 5.41) is 16.9. The van der Waals surface area contributed by atoms with Gasteiger partial charge in [0, 0.05) is 18.1 Å².